The summed E-state index contributed by atoms with van der Waals surface area (Å²) in [6, 6.07) is 12.3. The van der Waals surface area contributed by atoms with E-state index in [4.69, 9.17) is 23.8 Å². The average Bonchev–Trinajstić information content (AvgIpc) is 3.38. The van der Waals surface area contributed by atoms with Gasteiger partial charge in [-0.05, 0) is 36.8 Å². The first-order valence-corrected chi connectivity index (χ1v) is 11.5. The number of nitrogens with zero attached hydrogens (tertiary/aromatic N) is 3. The molecule has 0 bridgehead atoms. The number of imidazole rings is 1. The fraction of sp³-hybridized carbons (Fsp3) is 0.385. The average molecular weight is 520 g/mol. The maximum atomic E-state index is 12.8. The molecule has 11 heteroatoms. The Bertz CT molecular complexity index is 1180. The van der Waals surface area contributed by atoms with Crippen LogP contribution in [-0.4, -0.2) is 67.8 Å². The minimum atomic E-state index is -4.37. The Labute approximate surface area is 212 Å². The summed E-state index contributed by atoms with van der Waals surface area (Å²) in [4.78, 5) is 9.95. The number of oxime groups is 1. The Morgan fingerprint density at radius 2 is 1.57 bits per heavy atom. The van der Waals surface area contributed by atoms with Crippen molar-refractivity contribution in [2.24, 2.45) is 5.16 Å². The molecule has 0 spiro atoms. The van der Waals surface area contributed by atoms with Gasteiger partial charge in [0.25, 0.3) is 6.29 Å². The Kier molecular flexibility index (Phi) is 8.28. The minimum absolute atomic E-state index is 0.289. The lowest BCUT2D eigenvalue weighted by molar-refractivity contribution is -0.305. The van der Waals surface area contributed by atoms with E-state index in [-0.39, 0.29) is 18.3 Å². The Hall–Kier alpha value is -3.25. The molecule has 0 aliphatic carbocycles. The van der Waals surface area contributed by atoms with Crippen molar-refractivity contribution < 1.29 is 37.0 Å². The number of methoxy groups -OCH3 is 3. The SMILES string of the molecule is CO[C@@H]1[C@@H](OC)[C@H](C)O[C@@H](O/N=C/c2ccc(-c3cn(-c4ccc(C(F)(F)F)cc4)cn3)cc2)[C@@H]1OC. The molecule has 1 aromatic heterocycles. The van der Waals surface area contributed by atoms with Gasteiger partial charge >= 0.3 is 6.18 Å². The number of alkyl halides is 3. The highest BCUT2D eigenvalue weighted by Crippen LogP contribution is 2.30. The molecule has 0 saturated carbocycles. The van der Waals surface area contributed by atoms with Crippen LogP contribution in [-0.2, 0) is 30.0 Å². The van der Waals surface area contributed by atoms with Gasteiger partial charge in [-0.15, -0.1) is 0 Å². The first kappa shape index (κ1) is 26.8. The van der Waals surface area contributed by atoms with E-state index in [2.05, 4.69) is 10.1 Å². The number of halogens is 3. The monoisotopic (exact) mass is 519 g/mol. The van der Waals surface area contributed by atoms with Gasteiger partial charge < -0.3 is 28.4 Å². The number of ether oxygens (including phenoxy) is 4. The summed E-state index contributed by atoms with van der Waals surface area (Å²) in [5.74, 6) is 0. The van der Waals surface area contributed by atoms with Crippen LogP contribution in [0.1, 0.15) is 18.1 Å². The number of benzene rings is 2. The number of hydrogen-bond acceptors (Lipinski definition) is 7. The second-order valence-electron chi connectivity index (χ2n) is 8.48. The second kappa shape index (κ2) is 11.4. The van der Waals surface area contributed by atoms with Crippen LogP contribution in [0.25, 0.3) is 16.9 Å². The predicted octanol–water partition coefficient (Wildman–Crippen LogP) is 4.70. The lowest BCUT2D eigenvalue weighted by Crippen LogP contribution is -2.59. The molecule has 8 nitrogen and oxygen atoms in total. The molecule has 0 radical (unpaired) electrons. The van der Waals surface area contributed by atoms with Gasteiger partial charge in [0.05, 0.1) is 29.9 Å². The van der Waals surface area contributed by atoms with Crippen LogP contribution < -0.4 is 0 Å². The number of rotatable bonds is 8. The van der Waals surface area contributed by atoms with Crippen molar-refractivity contribution in [3.63, 3.8) is 0 Å². The van der Waals surface area contributed by atoms with Crippen LogP contribution in [0.3, 0.4) is 0 Å². The van der Waals surface area contributed by atoms with Gasteiger partial charge in [0.15, 0.2) is 6.10 Å². The maximum absolute atomic E-state index is 12.8. The van der Waals surface area contributed by atoms with Gasteiger partial charge in [0.2, 0.25) is 0 Å². The first-order chi connectivity index (χ1) is 17.7. The topological polar surface area (TPSA) is 76.3 Å². The van der Waals surface area contributed by atoms with Crippen LogP contribution in [0.15, 0.2) is 66.2 Å². The summed E-state index contributed by atoms with van der Waals surface area (Å²) in [5.41, 5.74) is 2.17. The molecule has 2 aromatic carbocycles. The fourth-order valence-corrected chi connectivity index (χ4v) is 4.23. The predicted molar refractivity (Wildman–Crippen MR) is 129 cm³/mol. The standard InChI is InChI=1S/C26H28F3N3O5/c1-16-22(33-2)23(34-3)24(35-4)25(36-16)37-31-13-17-5-7-18(8-6-17)21-14-32(15-30-21)20-11-9-19(10-12-20)26(27,28)29/h5-16,22-25H,1-4H3/b31-13+/t16-,22-,23+,24+,25-/m0/s1. The highest BCUT2D eigenvalue weighted by molar-refractivity contribution is 5.80. The van der Waals surface area contributed by atoms with Crippen molar-refractivity contribution in [2.45, 2.75) is 43.8 Å². The van der Waals surface area contributed by atoms with Crippen LogP contribution in [0.5, 0.6) is 0 Å². The molecule has 0 unspecified atom stereocenters. The second-order valence-corrected chi connectivity index (χ2v) is 8.48. The Balaban J connectivity index is 1.40. The zero-order chi connectivity index (χ0) is 26.6. The van der Waals surface area contributed by atoms with E-state index >= 15 is 0 Å². The summed E-state index contributed by atoms with van der Waals surface area (Å²) in [6.07, 6.45) is -1.82. The third-order valence-corrected chi connectivity index (χ3v) is 6.19. The Morgan fingerprint density at radius 3 is 2.16 bits per heavy atom. The third-order valence-electron chi connectivity index (χ3n) is 6.19. The minimum Gasteiger partial charge on any atom is -0.376 e. The maximum Gasteiger partial charge on any atom is 0.416 e. The van der Waals surface area contributed by atoms with Crippen molar-refractivity contribution in [1.82, 2.24) is 9.55 Å². The zero-order valence-electron chi connectivity index (χ0n) is 20.8. The number of hydrogen-bond donors (Lipinski definition) is 0. The molecular formula is C26H28F3N3O5. The van der Waals surface area contributed by atoms with E-state index in [1.165, 1.54) is 12.1 Å². The highest BCUT2D eigenvalue weighted by atomic mass is 19.4. The molecule has 198 valence electrons. The molecule has 0 amide bonds. The summed E-state index contributed by atoms with van der Waals surface area (Å²) >= 11 is 0. The highest BCUT2D eigenvalue weighted by Gasteiger charge is 2.46. The number of aromatic nitrogens is 2. The molecule has 1 saturated heterocycles. The van der Waals surface area contributed by atoms with Crippen LogP contribution in [0.4, 0.5) is 13.2 Å². The molecule has 2 heterocycles. The molecular weight excluding hydrogens is 491 g/mol. The molecule has 1 aliphatic heterocycles. The third kappa shape index (κ3) is 6.02. The van der Waals surface area contributed by atoms with Crippen LogP contribution in [0, 0.1) is 0 Å². The van der Waals surface area contributed by atoms with E-state index in [1.54, 1.807) is 44.6 Å². The van der Waals surface area contributed by atoms with Crippen molar-refractivity contribution in [3.05, 3.63) is 72.2 Å². The smallest absolute Gasteiger partial charge is 0.376 e. The van der Waals surface area contributed by atoms with E-state index < -0.39 is 24.1 Å². The van der Waals surface area contributed by atoms with E-state index in [0.717, 1.165) is 23.3 Å². The summed E-state index contributed by atoms with van der Waals surface area (Å²) in [5, 5.41) is 4.06. The molecule has 5 atom stereocenters. The molecule has 1 aliphatic rings. The van der Waals surface area contributed by atoms with Gasteiger partial charge in [-0.3, -0.25) is 0 Å². The van der Waals surface area contributed by atoms with Crippen molar-refractivity contribution in [1.29, 1.82) is 0 Å². The van der Waals surface area contributed by atoms with Crippen molar-refractivity contribution in [3.8, 4) is 16.9 Å². The summed E-state index contributed by atoms with van der Waals surface area (Å²) in [7, 11) is 4.71. The molecule has 37 heavy (non-hydrogen) atoms. The van der Waals surface area contributed by atoms with E-state index in [1.807, 2.05) is 31.2 Å². The van der Waals surface area contributed by atoms with E-state index in [9.17, 15) is 13.2 Å². The Morgan fingerprint density at radius 1 is 0.919 bits per heavy atom. The fourth-order valence-electron chi connectivity index (χ4n) is 4.23. The zero-order valence-corrected chi connectivity index (χ0v) is 20.8. The largest absolute Gasteiger partial charge is 0.416 e. The lowest BCUT2D eigenvalue weighted by atomic mass is 9.99. The summed E-state index contributed by atoms with van der Waals surface area (Å²) < 4.78 is 62.5. The molecule has 1 fully saturated rings. The quantitative estimate of drug-likeness (QED) is 0.317. The van der Waals surface area contributed by atoms with Gasteiger partial charge in [-0.25, -0.2) is 4.98 Å². The van der Waals surface area contributed by atoms with Crippen molar-refractivity contribution in [2.75, 3.05) is 21.3 Å². The van der Waals surface area contributed by atoms with E-state index in [0.29, 0.717) is 11.4 Å². The van der Waals surface area contributed by atoms with Crippen LogP contribution in [0.2, 0.25) is 0 Å². The molecule has 3 aromatic rings. The first-order valence-electron chi connectivity index (χ1n) is 11.5. The van der Waals surface area contributed by atoms with Gasteiger partial charge in [0.1, 0.15) is 12.2 Å². The van der Waals surface area contributed by atoms with Crippen LogP contribution >= 0.6 is 0 Å². The molecule has 4 rings (SSSR count). The normalized spacial score (nSPS) is 24.5. The lowest BCUT2D eigenvalue weighted by Gasteiger charge is -2.42. The summed E-state index contributed by atoms with van der Waals surface area (Å²) in [6.45, 7) is 1.86. The van der Waals surface area contributed by atoms with Gasteiger partial charge in [0, 0.05) is 38.8 Å². The van der Waals surface area contributed by atoms with Crippen molar-refractivity contribution >= 4 is 6.21 Å². The van der Waals surface area contributed by atoms with Gasteiger partial charge in [-0.1, -0.05) is 29.4 Å². The van der Waals surface area contributed by atoms with Gasteiger partial charge in [-0.2, -0.15) is 13.2 Å². The molecule has 0 N–H and O–H groups in total.